The van der Waals surface area contributed by atoms with Crippen LogP contribution >= 0.6 is 0 Å². The van der Waals surface area contributed by atoms with E-state index in [1.807, 2.05) is 6.08 Å². The molecule has 1 heteroatoms. The van der Waals surface area contributed by atoms with Gasteiger partial charge in [0.25, 0.3) is 0 Å². The van der Waals surface area contributed by atoms with E-state index in [1.54, 1.807) is 0 Å². The molecule has 0 unspecified atom stereocenters. The van der Waals surface area contributed by atoms with E-state index in [-0.39, 0.29) is 6.61 Å². The summed E-state index contributed by atoms with van der Waals surface area (Å²) in [6, 6.07) is 0. The van der Waals surface area contributed by atoms with Crippen molar-refractivity contribution in [2.24, 2.45) is 5.41 Å². The average molecular weight is 112 g/mol. The van der Waals surface area contributed by atoms with Crippen LogP contribution in [-0.4, -0.2) is 11.7 Å². The molecule has 0 aromatic heterocycles. The summed E-state index contributed by atoms with van der Waals surface area (Å²) in [4.78, 5) is 0. The van der Waals surface area contributed by atoms with Crippen LogP contribution in [0.2, 0.25) is 0 Å². The van der Waals surface area contributed by atoms with E-state index in [2.05, 4.69) is 13.0 Å². The summed E-state index contributed by atoms with van der Waals surface area (Å²) in [7, 11) is 0. The first kappa shape index (κ1) is 5.83. The highest BCUT2D eigenvalue weighted by Crippen LogP contribution is 2.46. The molecule has 0 spiro atoms. The molecule has 0 atom stereocenters. The molecule has 1 N–H and O–H groups in total. The second-order valence-electron chi connectivity index (χ2n) is 2.74. The number of aliphatic hydroxyl groups excluding tert-OH is 1. The fourth-order valence-electron chi connectivity index (χ4n) is 0.701. The van der Waals surface area contributed by atoms with E-state index >= 15 is 0 Å². The topological polar surface area (TPSA) is 20.2 Å². The first-order valence-corrected chi connectivity index (χ1v) is 3.05. The molecule has 1 aliphatic carbocycles. The summed E-state index contributed by atoms with van der Waals surface area (Å²) in [6.45, 7) is 2.40. The third-order valence-corrected chi connectivity index (χ3v) is 1.66. The monoisotopic (exact) mass is 112 g/mol. The number of hydrogen-bond acceptors (Lipinski definition) is 1. The second-order valence-corrected chi connectivity index (χ2v) is 2.74. The molecule has 0 aliphatic heterocycles. The van der Waals surface area contributed by atoms with E-state index in [0.29, 0.717) is 5.41 Å². The molecule has 0 radical (unpaired) electrons. The lowest BCUT2D eigenvalue weighted by Gasteiger charge is -1.94. The fraction of sp³-hybridized carbons (Fsp3) is 0.714. The number of rotatable bonds is 2. The minimum atomic E-state index is 0.190. The van der Waals surface area contributed by atoms with Crippen molar-refractivity contribution in [3.05, 3.63) is 12.2 Å². The molecule has 1 nitrogen and oxygen atoms in total. The lowest BCUT2D eigenvalue weighted by atomic mass is 10.1. The van der Waals surface area contributed by atoms with Gasteiger partial charge in [0.15, 0.2) is 0 Å². The minimum absolute atomic E-state index is 0.190. The molecule has 0 heterocycles. The number of allylic oxidation sites excluding steroid dienone is 1. The van der Waals surface area contributed by atoms with E-state index in [1.165, 1.54) is 12.8 Å². The second kappa shape index (κ2) is 1.90. The van der Waals surface area contributed by atoms with E-state index < -0.39 is 0 Å². The number of hydrogen-bond donors (Lipinski definition) is 1. The van der Waals surface area contributed by atoms with Gasteiger partial charge in [0.05, 0.1) is 6.61 Å². The Morgan fingerprint density at radius 3 is 2.62 bits per heavy atom. The molecule has 0 aromatic carbocycles. The largest absolute Gasteiger partial charge is 0.392 e. The van der Waals surface area contributed by atoms with Crippen LogP contribution in [0.4, 0.5) is 0 Å². The third kappa shape index (κ3) is 1.34. The van der Waals surface area contributed by atoms with Crippen molar-refractivity contribution in [2.45, 2.75) is 19.8 Å². The van der Waals surface area contributed by atoms with Crippen LogP contribution in [0.25, 0.3) is 0 Å². The van der Waals surface area contributed by atoms with E-state index in [4.69, 9.17) is 5.11 Å². The Morgan fingerprint density at radius 1 is 1.62 bits per heavy atom. The Kier molecular flexibility index (Phi) is 1.39. The molecule has 1 aliphatic rings. The third-order valence-electron chi connectivity index (χ3n) is 1.66. The lowest BCUT2D eigenvalue weighted by Crippen LogP contribution is -1.84. The normalized spacial score (nSPS) is 24.2. The van der Waals surface area contributed by atoms with Crippen molar-refractivity contribution in [1.29, 1.82) is 0 Å². The molecule has 0 saturated heterocycles. The van der Waals surface area contributed by atoms with Gasteiger partial charge >= 0.3 is 0 Å². The molecule has 1 rings (SSSR count). The summed E-state index contributed by atoms with van der Waals surface area (Å²) >= 11 is 0. The zero-order valence-electron chi connectivity index (χ0n) is 5.22. The van der Waals surface area contributed by atoms with Crippen LogP contribution in [0, 0.1) is 5.41 Å². The predicted molar refractivity (Wildman–Crippen MR) is 33.6 cm³/mol. The van der Waals surface area contributed by atoms with E-state index in [0.717, 1.165) is 0 Å². The van der Waals surface area contributed by atoms with Gasteiger partial charge in [-0.25, -0.2) is 0 Å². The molecule has 0 aromatic rings. The van der Waals surface area contributed by atoms with Gasteiger partial charge in [-0.15, -0.1) is 0 Å². The first-order chi connectivity index (χ1) is 3.77. The summed E-state index contributed by atoms with van der Waals surface area (Å²) in [6.07, 6.45) is 6.52. The van der Waals surface area contributed by atoms with Crippen LogP contribution in [0.1, 0.15) is 19.8 Å². The van der Waals surface area contributed by atoms with Crippen molar-refractivity contribution < 1.29 is 5.11 Å². The van der Waals surface area contributed by atoms with Crippen LogP contribution in [0.3, 0.4) is 0 Å². The molecule has 1 saturated carbocycles. The van der Waals surface area contributed by atoms with Gasteiger partial charge in [-0.05, 0) is 18.3 Å². The van der Waals surface area contributed by atoms with Gasteiger partial charge in [0.1, 0.15) is 0 Å². The molecule has 0 bridgehead atoms. The van der Waals surface area contributed by atoms with Gasteiger partial charge in [-0.2, -0.15) is 0 Å². The first-order valence-electron chi connectivity index (χ1n) is 3.05. The molecular weight excluding hydrogens is 100 g/mol. The summed E-state index contributed by atoms with van der Waals surface area (Å²) in [5, 5.41) is 8.37. The summed E-state index contributed by atoms with van der Waals surface area (Å²) < 4.78 is 0. The molecule has 1 fully saturated rings. The van der Waals surface area contributed by atoms with Crippen LogP contribution in [-0.2, 0) is 0 Å². The molecule has 0 amide bonds. The highest BCUT2D eigenvalue weighted by atomic mass is 16.2. The molecule has 8 heavy (non-hydrogen) atoms. The van der Waals surface area contributed by atoms with Gasteiger partial charge in [-0.3, -0.25) is 0 Å². The van der Waals surface area contributed by atoms with Gasteiger partial charge in [0.2, 0.25) is 0 Å². The average Bonchev–Trinajstić information content (AvgIpc) is 2.45. The quantitative estimate of drug-likeness (QED) is 0.534. The van der Waals surface area contributed by atoms with Crippen molar-refractivity contribution in [3.8, 4) is 0 Å². The lowest BCUT2D eigenvalue weighted by molar-refractivity contribution is 0.341. The summed E-state index contributed by atoms with van der Waals surface area (Å²) in [5.74, 6) is 0. The van der Waals surface area contributed by atoms with Gasteiger partial charge < -0.3 is 5.11 Å². The van der Waals surface area contributed by atoms with E-state index in [9.17, 15) is 0 Å². The Bertz CT molecular complexity index is 101. The minimum Gasteiger partial charge on any atom is -0.392 e. The number of aliphatic hydroxyl groups is 1. The highest BCUT2D eigenvalue weighted by molar-refractivity contribution is 5.06. The van der Waals surface area contributed by atoms with Crippen molar-refractivity contribution in [2.75, 3.05) is 6.61 Å². The smallest absolute Gasteiger partial charge is 0.0612 e. The van der Waals surface area contributed by atoms with Gasteiger partial charge in [-0.1, -0.05) is 19.1 Å². The predicted octanol–water partition coefficient (Wildman–Crippen LogP) is 1.33. The van der Waals surface area contributed by atoms with Crippen LogP contribution in [0.5, 0.6) is 0 Å². The zero-order chi connectivity index (χ0) is 6.04. The Labute approximate surface area is 50.0 Å². The maximum absolute atomic E-state index is 8.37. The van der Waals surface area contributed by atoms with Crippen LogP contribution < -0.4 is 0 Å². The molecular formula is C7H12O. The summed E-state index contributed by atoms with van der Waals surface area (Å²) in [5.41, 5.74) is 0.461. The Morgan fingerprint density at radius 2 is 2.25 bits per heavy atom. The highest BCUT2D eigenvalue weighted by Gasteiger charge is 2.33. The SMILES string of the molecule is CC1(/C=C/CO)CC1. The molecule has 46 valence electrons. The van der Waals surface area contributed by atoms with Crippen molar-refractivity contribution >= 4 is 0 Å². The standard InChI is InChI=1S/C7H12O/c1-7(4-5-7)3-2-6-8/h2-3,8H,4-6H2,1H3/b3-2+. The van der Waals surface area contributed by atoms with Crippen molar-refractivity contribution in [1.82, 2.24) is 0 Å². The van der Waals surface area contributed by atoms with Gasteiger partial charge in [0, 0.05) is 0 Å². The maximum Gasteiger partial charge on any atom is 0.0612 e. The zero-order valence-corrected chi connectivity index (χ0v) is 5.22. The Hall–Kier alpha value is -0.300. The van der Waals surface area contributed by atoms with Crippen molar-refractivity contribution in [3.63, 3.8) is 0 Å². The fourth-order valence-corrected chi connectivity index (χ4v) is 0.701. The maximum atomic E-state index is 8.37. The van der Waals surface area contributed by atoms with Crippen LogP contribution in [0.15, 0.2) is 12.2 Å². The Balaban J connectivity index is 2.27.